The Balaban J connectivity index is 1.65. The molecule has 0 atom stereocenters. The number of hydrogen-bond acceptors (Lipinski definition) is 5. The van der Waals surface area contributed by atoms with Crippen LogP contribution >= 0.6 is 15.9 Å². The summed E-state index contributed by atoms with van der Waals surface area (Å²) in [6, 6.07) is 5.68. The molecule has 27 heavy (non-hydrogen) atoms. The number of anilines is 2. The van der Waals surface area contributed by atoms with Crippen LogP contribution in [0, 0.1) is 13.8 Å². The van der Waals surface area contributed by atoms with Gasteiger partial charge in [0.2, 0.25) is 11.9 Å². The number of carbonyl (C=O) groups is 1. The number of aromatic nitrogens is 2. The molecule has 1 aliphatic rings. The number of nitrogens with zero attached hydrogens (tertiary/aromatic N) is 2. The normalized spacial score (nSPS) is 14.3. The summed E-state index contributed by atoms with van der Waals surface area (Å²) >= 11 is 3.41. The molecular weight excluding hydrogens is 412 g/mol. The van der Waals surface area contributed by atoms with Crippen molar-refractivity contribution in [2.75, 3.05) is 36.5 Å². The first-order valence-corrected chi connectivity index (χ1v) is 9.72. The third-order valence-electron chi connectivity index (χ3n) is 4.58. The number of ether oxygens (including phenoxy) is 1. The maximum atomic E-state index is 12.5. The second kappa shape index (κ2) is 8.67. The highest BCUT2D eigenvalue weighted by atomic mass is 79.9. The molecule has 2 N–H and O–H groups in total. The molecular formula is C19H23BrN4O3. The summed E-state index contributed by atoms with van der Waals surface area (Å²) in [7, 11) is 0. The molecule has 1 aromatic carbocycles. The fourth-order valence-electron chi connectivity index (χ4n) is 3.03. The van der Waals surface area contributed by atoms with Crippen LogP contribution in [0.4, 0.5) is 11.6 Å². The van der Waals surface area contributed by atoms with Crippen LogP contribution in [0.2, 0.25) is 0 Å². The molecule has 0 saturated carbocycles. The van der Waals surface area contributed by atoms with E-state index in [4.69, 9.17) is 4.74 Å². The maximum Gasteiger partial charge on any atom is 0.255 e. The molecule has 1 fully saturated rings. The highest BCUT2D eigenvalue weighted by molar-refractivity contribution is 9.10. The molecule has 8 heteroatoms. The number of rotatable bonds is 5. The molecule has 2 aromatic rings. The van der Waals surface area contributed by atoms with Gasteiger partial charge in [-0.1, -0.05) is 15.9 Å². The van der Waals surface area contributed by atoms with E-state index >= 15 is 0 Å². The summed E-state index contributed by atoms with van der Waals surface area (Å²) in [5.41, 5.74) is 2.78. The van der Waals surface area contributed by atoms with Crippen molar-refractivity contribution in [1.29, 1.82) is 0 Å². The minimum absolute atomic E-state index is 0.128. The molecule has 3 rings (SSSR count). The fourth-order valence-corrected chi connectivity index (χ4v) is 3.51. The number of H-pyrrole nitrogens is 1. The molecule has 0 unspecified atom stereocenters. The van der Waals surface area contributed by atoms with Gasteiger partial charge in [0.25, 0.3) is 5.56 Å². The fraction of sp³-hybridized carbons (Fsp3) is 0.421. The van der Waals surface area contributed by atoms with E-state index < -0.39 is 0 Å². The highest BCUT2D eigenvalue weighted by Crippen LogP contribution is 2.20. The average molecular weight is 435 g/mol. The number of aryl methyl sites for hydroxylation is 2. The molecule has 144 valence electrons. The van der Waals surface area contributed by atoms with E-state index in [1.54, 1.807) is 0 Å². The summed E-state index contributed by atoms with van der Waals surface area (Å²) in [5, 5.41) is 2.90. The van der Waals surface area contributed by atoms with Crippen LogP contribution in [0.15, 0.2) is 27.5 Å². The summed E-state index contributed by atoms with van der Waals surface area (Å²) in [5.74, 6) is 0.441. The van der Waals surface area contributed by atoms with Gasteiger partial charge in [-0.3, -0.25) is 14.6 Å². The first-order chi connectivity index (χ1) is 12.9. The first kappa shape index (κ1) is 19.6. The monoisotopic (exact) mass is 434 g/mol. The van der Waals surface area contributed by atoms with E-state index in [-0.39, 0.29) is 17.9 Å². The van der Waals surface area contributed by atoms with Gasteiger partial charge in [-0.05, 0) is 44.0 Å². The number of morpholine rings is 1. The zero-order chi connectivity index (χ0) is 19.4. The Morgan fingerprint density at radius 3 is 2.74 bits per heavy atom. The quantitative estimate of drug-likeness (QED) is 0.754. The van der Waals surface area contributed by atoms with Crippen LogP contribution in [-0.4, -0.2) is 42.2 Å². The molecule has 1 saturated heterocycles. The van der Waals surface area contributed by atoms with E-state index in [9.17, 15) is 9.59 Å². The smallest absolute Gasteiger partial charge is 0.255 e. The minimum atomic E-state index is -0.184. The predicted octanol–water partition coefficient (Wildman–Crippen LogP) is 2.56. The van der Waals surface area contributed by atoms with Crippen LogP contribution in [-0.2, 0) is 16.0 Å². The number of carbonyl (C=O) groups excluding carboxylic acids is 1. The Hall–Kier alpha value is -2.19. The van der Waals surface area contributed by atoms with Crippen molar-refractivity contribution < 1.29 is 9.53 Å². The van der Waals surface area contributed by atoms with Crippen molar-refractivity contribution in [2.24, 2.45) is 0 Å². The number of benzene rings is 1. The zero-order valence-corrected chi connectivity index (χ0v) is 17.1. The molecule has 7 nitrogen and oxygen atoms in total. The Labute approximate surface area is 166 Å². The van der Waals surface area contributed by atoms with Gasteiger partial charge in [0, 0.05) is 40.9 Å². The zero-order valence-electron chi connectivity index (χ0n) is 15.5. The number of nitrogens with one attached hydrogen (secondary N) is 2. The summed E-state index contributed by atoms with van der Waals surface area (Å²) < 4.78 is 6.29. The maximum absolute atomic E-state index is 12.5. The van der Waals surface area contributed by atoms with Gasteiger partial charge in [-0.2, -0.15) is 0 Å². The van der Waals surface area contributed by atoms with E-state index in [0.717, 1.165) is 15.7 Å². The van der Waals surface area contributed by atoms with E-state index in [2.05, 4.69) is 31.2 Å². The summed E-state index contributed by atoms with van der Waals surface area (Å²) in [4.78, 5) is 34.1. The first-order valence-electron chi connectivity index (χ1n) is 8.92. The summed E-state index contributed by atoms with van der Waals surface area (Å²) in [6.07, 6.45) is 0.566. The van der Waals surface area contributed by atoms with Crippen LogP contribution in [0.25, 0.3) is 0 Å². The molecule has 2 heterocycles. The highest BCUT2D eigenvalue weighted by Gasteiger charge is 2.17. The minimum Gasteiger partial charge on any atom is -0.378 e. The van der Waals surface area contributed by atoms with Gasteiger partial charge < -0.3 is 15.0 Å². The largest absolute Gasteiger partial charge is 0.378 e. The van der Waals surface area contributed by atoms with E-state index in [1.807, 2.05) is 36.9 Å². The van der Waals surface area contributed by atoms with Crippen molar-refractivity contribution >= 4 is 33.5 Å². The standard InChI is InChI=1S/C19H23BrN4O3/c1-12-11-14(20)3-5-16(12)22-17(25)6-4-15-13(2)21-19(23-18(15)26)24-7-9-27-10-8-24/h3,5,11H,4,6-10H2,1-2H3,(H,22,25)(H,21,23,26). The van der Waals surface area contributed by atoms with Crippen molar-refractivity contribution in [2.45, 2.75) is 26.7 Å². The number of hydrogen-bond donors (Lipinski definition) is 2. The van der Waals surface area contributed by atoms with Gasteiger partial charge in [0.1, 0.15) is 0 Å². The molecule has 1 aliphatic heterocycles. The lowest BCUT2D eigenvalue weighted by Gasteiger charge is -2.27. The lowest BCUT2D eigenvalue weighted by molar-refractivity contribution is -0.116. The molecule has 1 amide bonds. The van der Waals surface area contributed by atoms with Gasteiger partial charge in [0.05, 0.1) is 13.2 Å². The third-order valence-corrected chi connectivity index (χ3v) is 5.08. The lowest BCUT2D eigenvalue weighted by atomic mass is 10.1. The Morgan fingerprint density at radius 1 is 1.33 bits per heavy atom. The van der Waals surface area contributed by atoms with Crippen molar-refractivity contribution in [3.05, 3.63) is 49.8 Å². The van der Waals surface area contributed by atoms with Crippen molar-refractivity contribution in [3.63, 3.8) is 0 Å². The van der Waals surface area contributed by atoms with Gasteiger partial charge >= 0.3 is 0 Å². The van der Waals surface area contributed by atoms with Gasteiger partial charge in [-0.15, -0.1) is 0 Å². The van der Waals surface area contributed by atoms with Crippen LogP contribution < -0.4 is 15.8 Å². The average Bonchev–Trinajstić information content (AvgIpc) is 2.64. The molecule has 1 aromatic heterocycles. The Morgan fingerprint density at radius 2 is 2.07 bits per heavy atom. The topological polar surface area (TPSA) is 87.3 Å². The van der Waals surface area contributed by atoms with E-state index in [0.29, 0.717) is 49.9 Å². The molecule has 0 spiro atoms. The van der Waals surface area contributed by atoms with Crippen molar-refractivity contribution in [1.82, 2.24) is 9.97 Å². The number of halogens is 1. The van der Waals surface area contributed by atoms with E-state index in [1.165, 1.54) is 0 Å². The second-order valence-corrected chi connectivity index (χ2v) is 7.48. The Kier molecular flexibility index (Phi) is 6.28. The Bertz CT molecular complexity index is 891. The SMILES string of the molecule is Cc1cc(Br)ccc1NC(=O)CCc1c(C)nc(N2CCOCC2)[nH]c1=O. The molecule has 0 radical (unpaired) electrons. The number of aromatic amines is 1. The predicted molar refractivity (Wildman–Crippen MR) is 108 cm³/mol. The van der Waals surface area contributed by atoms with Crippen LogP contribution in [0.3, 0.4) is 0 Å². The lowest BCUT2D eigenvalue weighted by Crippen LogP contribution is -2.38. The van der Waals surface area contributed by atoms with Crippen LogP contribution in [0.5, 0.6) is 0 Å². The third kappa shape index (κ3) is 4.95. The summed E-state index contributed by atoms with van der Waals surface area (Å²) in [6.45, 7) is 6.41. The van der Waals surface area contributed by atoms with Gasteiger partial charge in [-0.25, -0.2) is 4.98 Å². The molecule has 0 bridgehead atoms. The van der Waals surface area contributed by atoms with Crippen LogP contribution in [0.1, 0.15) is 23.2 Å². The van der Waals surface area contributed by atoms with Crippen molar-refractivity contribution in [3.8, 4) is 0 Å². The molecule has 0 aliphatic carbocycles. The number of amides is 1. The second-order valence-electron chi connectivity index (χ2n) is 6.56. The van der Waals surface area contributed by atoms with Gasteiger partial charge in [0.15, 0.2) is 0 Å².